The lowest BCUT2D eigenvalue weighted by atomic mass is 9.71. The van der Waals surface area contributed by atoms with Gasteiger partial charge in [-0.15, -0.1) is 11.8 Å². The number of methoxy groups -OCH3 is 1. The van der Waals surface area contributed by atoms with Gasteiger partial charge in [-0.05, 0) is 38.4 Å². The van der Waals surface area contributed by atoms with Crippen molar-refractivity contribution in [2.45, 2.75) is 68.8 Å². The fourth-order valence-electron chi connectivity index (χ4n) is 8.23. The molecule has 5 aliphatic heterocycles. The molecule has 4 bridgehead atoms. The summed E-state index contributed by atoms with van der Waals surface area (Å²) in [6.45, 7) is 4.50. The molecular formula is C32H35N3O11S2. The number of ether oxygens (including phenoxy) is 5. The Bertz CT molecular complexity index is 1890. The number of phenols is 1. The number of carbonyl (C=O) groups is 2. The van der Waals surface area contributed by atoms with Crippen LogP contribution < -0.4 is 18.9 Å². The number of piperazine rings is 1. The molecule has 48 heavy (non-hydrogen) atoms. The van der Waals surface area contributed by atoms with Crippen molar-refractivity contribution >= 4 is 33.8 Å². The molecule has 5 aliphatic rings. The molecule has 14 nitrogen and oxygen atoms in total. The highest BCUT2D eigenvalue weighted by molar-refractivity contribution is 7.99. The second-order valence-electron chi connectivity index (χ2n) is 12.7. The number of aryl methyl sites for hydroxylation is 1. The average molecular weight is 702 g/mol. The lowest BCUT2D eigenvalue weighted by Gasteiger charge is -2.61. The molecule has 7 rings (SSSR count). The van der Waals surface area contributed by atoms with Crippen molar-refractivity contribution in [1.82, 2.24) is 9.80 Å². The van der Waals surface area contributed by atoms with Crippen molar-refractivity contribution in [2.75, 3.05) is 39.6 Å². The quantitative estimate of drug-likeness (QED) is 0.280. The summed E-state index contributed by atoms with van der Waals surface area (Å²) in [6.07, 6.45) is -0.154. The maximum atomic E-state index is 13.4. The minimum absolute atomic E-state index is 0.0110. The van der Waals surface area contributed by atoms with Gasteiger partial charge in [0.25, 0.3) is 10.1 Å². The lowest BCUT2D eigenvalue weighted by Crippen LogP contribution is -2.69. The van der Waals surface area contributed by atoms with Gasteiger partial charge in [-0.2, -0.15) is 13.7 Å². The predicted octanol–water partition coefficient (Wildman–Crippen LogP) is 2.58. The summed E-state index contributed by atoms with van der Waals surface area (Å²) in [7, 11) is -0.655. The van der Waals surface area contributed by atoms with Gasteiger partial charge in [0.15, 0.2) is 29.1 Å². The monoisotopic (exact) mass is 701 g/mol. The van der Waals surface area contributed by atoms with Crippen molar-refractivity contribution in [3.8, 4) is 34.8 Å². The van der Waals surface area contributed by atoms with E-state index in [-0.39, 0.29) is 36.7 Å². The van der Waals surface area contributed by atoms with E-state index in [1.807, 2.05) is 24.9 Å². The Balaban J connectivity index is 1.54. The molecule has 7 atom stereocenters. The van der Waals surface area contributed by atoms with Gasteiger partial charge in [0.1, 0.15) is 18.4 Å². The number of rotatable bonds is 4. The van der Waals surface area contributed by atoms with Crippen LogP contribution in [0.3, 0.4) is 0 Å². The number of nitrogens with zero attached hydrogens (tertiary/aromatic N) is 3. The number of nitriles is 1. The van der Waals surface area contributed by atoms with Crippen LogP contribution in [0.15, 0.2) is 6.07 Å². The van der Waals surface area contributed by atoms with E-state index in [0.29, 0.717) is 45.9 Å². The SMILES string of the molecule is COc1c(C)cc2c(c1O)[C@@H]1C3[C@@H]4SC[C@H](OS(C)(=O)=O)C(=O)OC[C@H](c5c6c(c(C)c(OC(C)=O)c54)OCO6)N3[C@@H](C#N)[C@H](C2)N1C. The zero-order valence-corrected chi connectivity index (χ0v) is 28.8. The second kappa shape index (κ2) is 11.7. The minimum Gasteiger partial charge on any atom is -0.504 e. The number of fused-ring (bicyclic) bond motifs is 9. The second-order valence-corrected chi connectivity index (χ2v) is 15.4. The number of thioether (sulfide) groups is 1. The number of cyclic esters (lactones) is 1. The molecule has 1 N–H and O–H groups in total. The summed E-state index contributed by atoms with van der Waals surface area (Å²) in [5.74, 6) is -0.256. The third-order valence-corrected chi connectivity index (χ3v) is 11.9. The van der Waals surface area contributed by atoms with Gasteiger partial charge in [-0.1, -0.05) is 6.07 Å². The lowest BCUT2D eigenvalue weighted by molar-refractivity contribution is -0.156. The molecule has 2 fully saturated rings. The molecule has 0 spiro atoms. The predicted molar refractivity (Wildman–Crippen MR) is 170 cm³/mol. The molecule has 2 aromatic carbocycles. The Morgan fingerprint density at radius 2 is 1.88 bits per heavy atom. The van der Waals surface area contributed by atoms with Gasteiger partial charge in [0.2, 0.25) is 6.79 Å². The maximum absolute atomic E-state index is 13.4. The first-order valence-electron chi connectivity index (χ1n) is 15.4. The topological polar surface area (TPSA) is 174 Å². The minimum atomic E-state index is -4.06. The number of aromatic hydroxyl groups is 1. The van der Waals surface area contributed by atoms with E-state index in [2.05, 4.69) is 11.0 Å². The summed E-state index contributed by atoms with van der Waals surface area (Å²) in [5.41, 5.74) is 3.93. The molecule has 0 saturated carbocycles. The Kier molecular flexibility index (Phi) is 7.99. The van der Waals surface area contributed by atoms with E-state index in [0.717, 1.165) is 17.4 Å². The number of likely N-dealkylation sites (N-methyl/N-ethyl adjacent to an activating group) is 1. The Morgan fingerprint density at radius 3 is 2.54 bits per heavy atom. The zero-order chi connectivity index (χ0) is 34.4. The molecule has 0 aromatic heterocycles. The third kappa shape index (κ3) is 4.89. The van der Waals surface area contributed by atoms with E-state index >= 15 is 0 Å². The molecule has 16 heteroatoms. The number of phenolic OH excluding ortho intramolecular Hbond substituents is 1. The average Bonchev–Trinajstić information content (AvgIpc) is 3.50. The molecule has 0 radical (unpaired) electrons. The fourth-order valence-corrected chi connectivity index (χ4v) is 10.4. The van der Waals surface area contributed by atoms with E-state index in [1.54, 1.807) is 6.92 Å². The standard InChI is InChI=1S/C32H35N3O11S2/c1-13-7-16-8-17-18(9-33)35-19-10-42-32(38)20(46-48(6,39)40)11-47-31(25(35)24(34(17)4)21(16)26(37)27(13)41-5)23-22(19)30-29(43-12-44-30)14(2)28(23)45-15(3)36/h7,17-20,24-25,31,37H,8,10-12H2,1-6H3/t17-,18-,19+,20-,24+,25?,31+/m0/s1. The van der Waals surface area contributed by atoms with Crippen LogP contribution in [0.4, 0.5) is 0 Å². The highest BCUT2D eigenvalue weighted by atomic mass is 32.2. The van der Waals surface area contributed by atoms with Gasteiger partial charge in [-0.25, -0.2) is 4.79 Å². The first-order chi connectivity index (χ1) is 22.8. The van der Waals surface area contributed by atoms with E-state index in [1.165, 1.54) is 25.8 Å². The van der Waals surface area contributed by atoms with Crippen LogP contribution in [-0.2, 0) is 35.0 Å². The third-order valence-electron chi connectivity index (χ3n) is 9.91. The molecule has 1 unspecified atom stereocenters. The van der Waals surface area contributed by atoms with Gasteiger partial charge in [0, 0.05) is 47.0 Å². The summed E-state index contributed by atoms with van der Waals surface area (Å²) in [5, 5.41) is 22.0. The molecule has 5 heterocycles. The number of hydrogen-bond acceptors (Lipinski definition) is 15. The zero-order valence-electron chi connectivity index (χ0n) is 27.1. The number of benzene rings is 2. The van der Waals surface area contributed by atoms with Gasteiger partial charge in [-0.3, -0.25) is 18.8 Å². The van der Waals surface area contributed by atoms with Crippen molar-refractivity contribution in [1.29, 1.82) is 5.26 Å². The van der Waals surface area contributed by atoms with Gasteiger partial charge >= 0.3 is 11.9 Å². The van der Waals surface area contributed by atoms with Crippen molar-refractivity contribution < 1.29 is 51.0 Å². The molecular weight excluding hydrogens is 666 g/mol. The number of esters is 2. The van der Waals surface area contributed by atoms with Gasteiger partial charge in [0.05, 0.1) is 36.8 Å². The van der Waals surface area contributed by atoms with Crippen LogP contribution in [0.25, 0.3) is 0 Å². The van der Waals surface area contributed by atoms with Crippen LogP contribution in [0.2, 0.25) is 0 Å². The van der Waals surface area contributed by atoms with E-state index < -0.39 is 57.6 Å². The fraction of sp³-hybridized carbons (Fsp3) is 0.531. The highest BCUT2D eigenvalue weighted by Gasteiger charge is 2.60. The molecule has 2 saturated heterocycles. The molecule has 2 aromatic rings. The van der Waals surface area contributed by atoms with Crippen LogP contribution in [0, 0.1) is 25.2 Å². The van der Waals surface area contributed by atoms with Crippen molar-refractivity contribution in [3.05, 3.63) is 39.4 Å². The van der Waals surface area contributed by atoms with E-state index in [9.17, 15) is 28.4 Å². The number of carbonyl (C=O) groups excluding carboxylic acids is 2. The first-order valence-corrected chi connectivity index (χ1v) is 18.2. The van der Waals surface area contributed by atoms with Crippen LogP contribution >= 0.6 is 11.8 Å². The molecule has 0 amide bonds. The first kappa shape index (κ1) is 32.8. The van der Waals surface area contributed by atoms with E-state index in [4.69, 9.17) is 27.9 Å². The Hall–Kier alpha value is -3.75. The van der Waals surface area contributed by atoms with Crippen LogP contribution in [-0.4, -0.2) is 99.1 Å². The smallest absolute Gasteiger partial charge is 0.337 e. The molecule has 256 valence electrons. The van der Waals surface area contributed by atoms with Crippen LogP contribution in [0.5, 0.6) is 28.7 Å². The largest absolute Gasteiger partial charge is 0.504 e. The highest BCUT2D eigenvalue weighted by Crippen LogP contribution is 2.64. The van der Waals surface area contributed by atoms with Crippen molar-refractivity contribution in [3.63, 3.8) is 0 Å². The Labute approximate surface area is 281 Å². The number of hydrogen-bond donors (Lipinski definition) is 1. The molecule has 0 aliphatic carbocycles. The summed E-state index contributed by atoms with van der Waals surface area (Å²) in [4.78, 5) is 30.1. The summed E-state index contributed by atoms with van der Waals surface area (Å²) in [6, 6.07) is 1.49. The Morgan fingerprint density at radius 1 is 1.15 bits per heavy atom. The summed E-state index contributed by atoms with van der Waals surface area (Å²) < 4.78 is 59.0. The van der Waals surface area contributed by atoms with Crippen molar-refractivity contribution in [2.24, 2.45) is 0 Å². The normalized spacial score (nSPS) is 29.2. The maximum Gasteiger partial charge on any atom is 0.337 e. The van der Waals surface area contributed by atoms with Gasteiger partial charge < -0.3 is 28.8 Å². The summed E-state index contributed by atoms with van der Waals surface area (Å²) >= 11 is 1.22. The van der Waals surface area contributed by atoms with Crippen LogP contribution in [0.1, 0.15) is 57.6 Å².